The summed E-state index contributed by atoms with van der Waals surface area (Å²) < 4.78 is 12.2. The van der Waals surface area contributed by atoms with Gasteiger partial charge in [0.05, 0.1) is 18.3 Å². The first-order chi connectivity index (χ1) is 17.1. The summed E-state index contributed by atoms with van der Waals surface area (Å²) in [6, 6.07) is 0. The van der Waals surface area contributed by atoms with Crippen LogP contribution in [0.3, 0.4) is 0 Å². The van der Waals surface area contributed by atoms with Crippen LogP contribution in [0.25, 0.3) is 0 Å². The molecule has 1 aliphatic heterocycles. The van der Waals surface area contributed by atoms with Gasteiger partial charge in [0, 0.05) is 12.8 Å². The van der Waals surface area contributed by atoms with Crippen molar-refractivity contribution in [2.45, 2.75) is 180 Å². The second-order valence-corrected chi connectivity index (χ2v) is 10.8. The third-order valence-electron chi connectivity index (χ3n) is 7.42. The summed E-state index contributed by atoms with van der Waals surface area (Å²) >= 11 is 0. The number of ether oxygens (including phenoxy) is 2. The molecule has 0 saturated carbocycles. The van der Waals surface area contributed by atoms with Crippen LogP contribution in [0, 0.1) is 0 Å². The van der Waals surface area contributed by atoms with Crippen LogP contribution < -0.4 is 0 Å². The number of carbonyl (C=O) groups is 1. The average molecular weight is 495 g/mol. The van der Waals surface area contributed by atoms with Gasteiger partial charge < -0.3 is 14.6 Å². The smallest absolute Gasteiger partial charge is 0.306 e. The van der Waals surface area contributed by atoms with Crippen molar-refractivity contribution in [3.05, 3.63) is 12.7 Å². The van der Waals surface area contributed by atoms with Crippen molar-refractivity contribution in [1.82, 2.24) is 0 Å². The van der Waals surface area contributed by atoms with Crippen LogP contribution in [0.4, 0.5) is 0 Å². The Morgan fingerprint density at radius 3 is 2.11 bits per heavy atom. The summed E-state index contributed by atoms with van der Waals surface area (Å²) in [5.41, 5.74) is 0. The van der Waals surface area contributed by atoms with E-state index in [2.05, 4.69) is 20.4 Å². The molecule has 0 amide bonds. The standard InChI is InChI=1S/C31H58O4/c1-4-7-10-12-14-15-17-19-22-25-31(33)35-29(24-21-18-16-13-11-8-5-2)30-26-27(32)28(34-30)23-20-9-6-3/h5,27-30,32H,2,4,6-26H2,1,3H3/t27-,28-,29+,30?/m0/s1. The lowest BCUT2D eigenvalue weighted by atomic mass is 10.00. The molecule has 0 bridgehead atoms. The number of allylic oxidation sites excluding steroid dienone is 1. The Morgan fingerprint density at radius 1 is 0.886 bits per heavy atom. The normalized spacial score (nSPS) is 20.7. The monoisotopic (exact) mass is 494 g/mol. The van der Waals surface area contributed by atoms with Crippen LogP contribution in [0.15, 0.2) is 12.7 Å². The summed E-state index contributed by atoms with van der Waals surface area (Å²) in [5.74, 6) is -0.0866. The van der Waals surface area contributed by atoms with Crippen molar-refractivity contribution in [2.75, 3.05) is 0 Å². The van der Waals surface area contributed by atoms with Gasteiger partial charge in [0.2, 0.25) is 0 Å². The number of rotatable bonds is 24. The van der Waals surface area contributed by atoms with Crippen LogP contribution in [0.1, 0.15) is 155 Å². The molecule has 0 aromatic heterocycles. The fraction of sp³-hybridized carbons (Fsp3) is 0.903. The number of carbonyl (C=O) groups excluding carboxylic acids is 1. The molecule has 35 heavy (non-hydrogen) atoms. The van der Waals surface area contributed by atoms with Crippen LogP contribution in [-0.4, -0.2) is 35.5 Å². The van der Waals surface area contributed by atoms with Gasteiger partial charge in [0.15, 0.2) is 0 Å². The number of unbranched alkanes of at least 4 members (excludes halogenated alkanes) is 15. The topological polar surface area (TPSA) is 55.8 Å². The van der Waals surface area contributed by atoms with Crippen LogP contribution in [0.5, 0.6) is 0 Å². The van der Waals surface area contributed by atoms with E-state index < -0.39 is 6.10 Å². The van der Waals surface area contributed by atoms with Crippen molar-refractivity contribution in [2.24, 2.45) is 0 Å². The lowest BCUT2D eigenvalue weighted by Crippen LogP contribution is -2.32. The molecule has 1 N–H and O–H groups in total. The molecule has 4 heteroatoms. The summed E-state index contributed by atoms with van der Waals surface area (Å²) in [5, 5.41) is 10.6. The van der Waals surface area contributed by atoms with Gasteiger partial charge in [-0.25, -0.2) is 0 Å². The van der Waals surface area contributed by atoms with Gasteiger partial charge in [0.1, 0.15) is 6.10 Å². The molecule has 0 aromatic carbocycles. The Kier molecular flexibility index (Phi) is 20.5. The van der Waals surface area contributed by atoms with Gasteiger partial charge >= 0.3 is 5.97 Å². The van der Waals surface area contributed by atoms with Crippen molar-refractivity contribution < 1.29 is 19.4 Å². The van der Waals surface area contributed by atoms with E-state index >= 15 is 0 Å². The Hall–Kier alpha value is -0.870. The summed E-state index contributed by atoms with van der Waals surface area (Å²) in [6.45, 7) is 8.23. The SMILES string of the molecule is C=CCCCCCCC[C@@H](OC(=O)CCCCCCCCCCC)C1C[C@H](O)[C@H](CCCCC)O1. The number of hydrogen-bond acceptors (Lipinski definition) is 4. The number of aliphatic hydroxyl groups is 1. The minimum Gasteiger partial charge on any atom is -0.460 e. The zero-order valence-electron chi connectivity index (χ0n) is 23.3. The fourth-order valence-corrected chi connectivity index (χ4v) is 5.15. The number of esters is 1. The Labute approximate surface area is 217 Å². The van der Waals surface area contributed by atoms with E-state index in [0.29, 0.717) is 12.8 Å². The maximum Gasteiger partial charge on any atom is 0.306 e. The van der Waals surface area contributed by atoms with E-state index in [-0.39, 0.29) is 24.3 Å². The highest BCUT2D eigenvalue weighted by Crippen LogP contribution is 2.30. The number of hydrogen-bond donors (Lipinski definition) is 1. The zero-order valence-corrected chi connectivity index (χ0v) is 23.3. The van der Waals surface area contributed by atoms with E-state index in [9.17, 15) is 9.90 Å². The summed E-state index contributed by atoms with van der Waals surface area (Å²) in [6.07, 6.45) is 25.4. The number of aliphatic hydroxyl groups excluding tert-OH is 1. The predicted molar refractivity (Wildman–Crippen MR) is 148 cm³/mol. The van der Waals surface area contributed by atoms with Gasteiger partial charge in [-0.1, -0.05) is 110 Å². The maximum absolute atomic E-state index is 12.6. The second kappa shape index (κ2) is 22.3. The highest BCUT2D eigenvalue weighted by molar-refractivity contribution is 5.69. The lowest BCUT2D eigenvalue weighted by Gasteiger charge is -2.24. The predicted octanol–water partition coefficient (Wildman–Crippen LogP) is 8.83. The molecular formula is C31H58O4. The molecular weight excluding hydrogens is 436 g/mol. The van der Waals surface area contributed by atoms with Crippen LogP contribution in [0.2, 0.25) is 0 Å². The molecule has 0 radical (unpaired) electrons. The van der Waals surface area contributed by atoms with Crippen molar-refractivity contribution in [3.63, 3.8) is 0 Å². The molecule has 1 fully saturated rings. The van der Waals surface area contributed by atoms with Crippen molar-refractivity contribution in [1.29, 1.82) is 0 Å². The molecule has 0 aromatic rings. The highest BCUT2D eigenvalue weighted by Gasteiger charge is 2.39. The van der Waals surface area contributed by atoms with Gasteiger partial charge in [-0.05, 0) is 38.5 Å². The zero-order chi connectivity index (χ0) is 25.6. The summed E-state index contributed by atoms with van der Waals surface area (Å²) in [7, 11) is 0. The van der Waals surface area contributed by atoms with Crippen LogP contribution >= 0.6 is 0 Å². The van der Waals surface area contributed by atoms with E-state index in [0.717, 1.165) is 57.8 Å². The molecule has 4 nitrogen and oxygen atoms in total. The first kappa shape index (κ1) is 32.2. The van der Waals surface area contributed by atoms with E-state index in [1.165, 1.54) is 70.6 Å². The average Bonchev–Trinajstić information content (AvgIpc) is 3.22. The molecule has 1 unspecified atom stereocenters. The molecule has 206 valence electrons. The molecule has 4 atom stereocenters. The third kappa shape index (κ3) is 16.5. The first-order valence-corrected chi connectivity index (χ1v) is 15.3. The Morgan fingerprint density at radius 2 is 1.46 bits per heavy atom. The highest BCUT2D eigenvalue weighted by atomic mass is 16.6. The molecule has 0 spiro atoms. The quantitative estimate of drug-likeness (QED) is 0.0827. The lowest BCUT2D eigenvalue weighted by molar-refractivity contribution is -0.158. The Balaban J connectivity index is 2.38. The van der Waals surface area contributed by atoms with Gasteiger partial charge in [-0.2, -0.15) is 0 Å². The molecule has 1 saturated heterocycles. The van der Waals surface area contributed by atoms with E-state index in [4.69, 9.17) is 9.47 Å². The Bertz CT molecular complexity index is 506. The fourth-order valence-electron chi connectivity index (χ4n) is 5.15. The molecule has 1 heterocycles. The molecule has 1 rings (SSSR count). The second-order valence-electron chi connectivity index (χ2n) is 10.8. The minimum absolute atomic E-state index is 0.0866. The summed E-state index contributed by atoms with van der Waals surface area (Å²) in [4.78, 5) is 12.6. The van der Waals surface area contributed by atoms with E-state index in [1.54, 1.807) is 0 Å². The third-order valence-corrected chi connectivity index (χ3v) is 7.42. The molecule has 1 aliphatic rings. The van der Waals surface area contributed by atoms with Crippen molar-refractivity contribution >= 4 is 5.97 Å². The van der Waals surface area contributed by atoms with E-state index in [1.807, 2.05) is 6.08 Å². The largest absolute Gasteiger partial charge is 0.460 e. The maximum atomic E-state index is 12.6. The minimum atomic E-state index is -0.436. The first-order valence-electron chi connectivity index (χ1n) is 15.3. The van der Waals surface area contributed by atoms with Gasteiger partial charge in [-0.15, -0.1) is 6.58 Å². The van der Waals surface area contributed by atoms with Gasteiger partial charge in [-0.3, -0.25) is 4.79 Å². The van der Waals surface area contributed by atoms with Gasteiger partial charge in [0.25, 0.3) is 0 Å². The van der Waals surface area contributed by atoms with Crippen molar-refractivity contribution in [3.8, 4) is 0 Å². The molecule has 0 aliphatic carbocycles. The van der Waals surface area contributed by atoms with Crippen LogP contribution in [-0.2, 0) is 14.3 Å².